The molecule has 1 fully saturated rings. The van der Waals surface area contributed by atoms with E-state index >= 15 is 0 Å². The van der Waals surface area contributed by atoms with E-state index in [1.807, 2.05) is 0 Å². The lowest BCUT2D eigenvalue weighted by Gasteiger charge is -2.35. The average molecular weight is 198 g/mol. The second-order valence-corrected chi connectivity index (χ2v) is 5.21. The van der Waals surface area contributed by atoms with Crippen molar-refractivity contribution < 1.29 is 0 Å². The lowest BCUT2D eigenvalue weighted by atomic mass is 9.86. The van der Waals surface area contributed by atoms with E-state index in [1.165, 1.54) is 25.7 Å². The van der Waals surface area contributed by atoms with Gasteiger partial charge in [0.2, 0.25) is 0 Å². The Labute approximate surface area is 88.8 Å². The highest BCUT2D eigenvalue weighted by Gasteiger charge is 2.22. The molecule has 0 aliphatic heterocycles. The summed E-state index contributed by atoms with van der Waals surface area (Å²) >= 11 is 0. The summed E-state index contributed by atoms with van der Waals surface area (Å²) in [5, 5.41) is 0. The van der Waals surface area contributed by atoms with Crippen molar-refractivity contribution in [3.05, 3.63) is 0 Å². The van der Waals surface area contributed by atoms with Crippen LogP contribution in [0.2, 0.25) is 0 Å². The topological polar surface area (TPSA) is 29.3 Å². The molecule has 2 N–H and O–H groups in total. The molecule has 1 aliphatic carbocycles. The summed E-state index contributed by atoms with van der Waals surface area (Å²) in [5.41, 5.74) is 5.65. The minimum absolute atomic E-state index is 0.636. The first-order valence-electron chi connectivity index (χ1n) is 6.03. The standard InChI is InChI=1S/C12H26N2/c1-10-5-4-6-12(7-10)14(3)9-11(2)8-13/h10-12H,4-9,13H2,1-3H3. The minimum Gasteiger partial charge on any atom is -0.330 e. The van der Waals surface area contributed by atoms with Gasteiger partial charge in [-0.05, 0) is 38.3 Å². The van der Waals surface area contributed by atoms with Gasteiger partial charge in [0.25, 0.3) is 0 Å². The predicted molar refractivity (Wildman–Crippen MR) is 62.3 cm³/mol. The maximum atomic E-state index is 5.65. The molecule has 3 atom stereocenters. The Morgan fingerprint density at radius 1 is 1.43 bits per heavy atom. The quantitative estimate of drug-likeness (QED) is 0.749. The highest BCUT2D eigenvalue weighted by molar-refractivity contribution is 4.77. The second kappa shape index (κ2) is 5.72. The Morgan fingerprint density at radius 2 is 2.14 bits per heavy atom. The van der Waals surface area contributed by atoms with Gasteiger partial charge in [0.15, 0.2) is 0 Å². The van der Waals surface area contributed by atoms with Gasteiger partial charge in [0.05, 0.1) is 0 Å². The number of nitrogens with two attached hydrogens (primary N) is 1. The first-order valence-corrected chi connectivity index (χ1v) is 6.03. The van der Waals surface area contributed by atoms with Crippen LogP contribution in [0.15, 0.2) is 0 Å². The van der Waals surface area contributed by atoms with Crippen LogP contribution in [-0.2, 0) is 0 Å². The molecule has 0 saturated heterocycles. The third-order valence-electron chi connectivity index (χ3n) is 3.53. The molecule has 0 radical (unpaired) electrons. The fourth-order valence-corrected chi connectivity index (χ4v) is 2.52. The van der Waals surface area contributed by atoms with Crippen LogP contribution < -0.4 is 5.73 Å². The molecule has 84 valence electrons. The smallest absolute Gasteiger partial charge is 0.00948 e. The van der Waals surface area contributed by atoms with Crippen LogP contribution in [-0.4, -0.2) is 31.1 Å². The van der Waals surface area contributed by atoms with E-state index in [9.17, 15) is 0 Å². The number of hydrogen-bond acceptors (Lipinski definition) is 2. The van der Waals surface area contributed by atoms with E-state index in [2.05, 4.69) is 25.8 Å². The van der Waals surface area contributed by atoms with Crippen LogP contribution >= 0.6 is 0 Å². The van der Waals surface area contributed by atoms with Gasteiger partial charge in [0, 0.05) is 12.6 Å². The molecule has 3 unspecified atom stereocenters. The molecule has 2 nitrogen and oxygen atoms in total. The molecule has 1 saturated carbocycles. The summed E-state index contributed by atoms with van der Waals surface area (Å²) in [5.74, 6) is 1.56. The lowest BCUT2D eigenvalue weighted by molar-refractivity contribution is 0.148. The van der Waals surface area contributed by atoms with Gasteiger partial charge in [-0.1, -0.05) is 26.7 Å². The van der Waals surface area contributed by atoms with Crippen molar-refractivity contribution in [3.8, 4) is 0 Å². The van der Waals surface area contributed by atoms with Gasteiger partial charge < -0.3 is 10.6 Å². The first-order chi connectivity index (χ1) is 6.63. The Hall–Kier alpha value is -0.0800. The van der Waals surface area contributed by atoms with Crippen molar-refractivity contribution in [1.82, 2.24) is 4.90 Å². The van der Waals surface area contributed by atoms with Crippen molar-refractivity contribution in [2.45, 2.75) is 45.6 Å². The molecule has 0 bridgehead atoms. The van der Waals surface area contributed by atoms with Crippen LogP contribution in [0.4, 0.5) is 0 Å². The predicted octanol–water partition coefficient (Wildman–Crippen LogP) is 2.09. The van der Waals surface area contributed by atoms with E-state index in [0.717, 1.165) is 25.0 Å². The molecule has 0 amide bonds. The zero-order chi connectivity index (χ0) is 10.6. The van der Waals surface area contributed by atoms with Crippen LogP contribution in [0.1, 0.15) is 39.5 Å². The molecule has 2 heteroatoms. The van der Waals surface area contributed by atoms with Crippen molar-refractivity contribution in [1.29, 1.82) is 0 Å². The molecule has 0 spiro atoms. The van der Waals surface area contributed by atoms with Gasteiger partial charge in [0.1, 0.15) is 0 Å². The maximum absolute atomic E-state index is 5.65. The van der Waals surface area contributed by atoms with E-state index in [1.54, 1.807) is 0 Å². The largest absolute Gasteiger partial charge is 0.330 e. The molecule has 1 aliphatic rings. The normalized spacial score (nSPS) is 30.6. The molecule has 0 aromatic heterocycles. The Bertz CT molecular complexity index is 158. The first kappa shape index (κ1) is 12.0. The maximum Gasteiger partial charge on any atom is 0.00948 e. The highest BCUT2D eigenvalue weighted by Crippen LogP contribution is 2.26. The monoisotopic (exact) mass is 198 g/mol. The molecule has 0 heterocycles. The fourth-order valence-electron chi connectivity index (χ4n) is 2.52. The Morgan fingerprint density at radius 3 is 2.71 bits per heavy atom. The Kier molecular flexibility index (Phi) is 4.90. The van der Waals surface area contributed by atoms with Gasteiger partial charge >= 0.3 is 0 Å². The summed E-state index contributed by atoms with van der Waals surface area (Å²) < 4.78 is 0. The van der Waals surface area contributed by atoms with Gasteiger partial charge in [-0.3, -0.25) is 0 Å². The van der Waals surface area contributed by atoms with Crippen molar-refractivity contribution >= 4 is 0 Å². The molecular weight excluding hydrogens is 172 g/mol. The minimum atomic E-state index is 0.636. The van der Waals surface area contributed by atoms with Gasteiger partial charge in [-0.15, -0.1) is 0 Å². The number of hydrogen-bond donors (Lipinski definition) is 1. The van der Waals surface area contributed by atoms with E-state index in [0.29, 0.717) is 5.92 Å². The zero-order valence-electron chi connectivity index (χ0n) is 10.00. The van der Waals surface area contributed by atoms with Crippen LogP contribution in [0.3, 0.4) is 0 Å². The number of rotatable bonds is 4. The van der Waals surface area contributed by atoms with Crippen molar-refractivity contribution in [3.63, 3.8) is 0 Å². The van der Waals surface area contributed by atoms with Crippen molar-refractivity contribution in [2.24, 2.45) is 17.6 Å². The summed E-state index contributed by atoms with van der Waals surface area (Å²) in [4.78, 5) is 2.52. The SMILES string of the molecule is CC1CCCC(N(C)CC(C)CN)C1. The van der Waals surface area contributed by atoms with Crippen LogP contribution in [0, 0.1) is 11.8 Å². The number of nitrogens with zero attached hydrogens (tertiary/aromatic N) is 1. The summed E-state index contributed by atoms with van der Waals surface area (Å²) in [6, 6.07) is 0.813. The third-order valence-corrected chi connectivity index (χ3v) is 3.53. The molecule has 0 aromatic carbocycles. The zero-order valence-corrected chi connectivity index (χ0v) is 10.00. The van der Waals surface area contributed by atoms with Crippen LogP contribution in [0.5, 0.6) is 0 Å². The van der Waals surface area contributed by atoms with E-state index in [4.69, 9.17) is 5.73 Å². The summed E-state index contributed by atoms with van der Waals surface area (Å²) in [7, 11) is 2.26. The van der Waals surface area contributed by atoms with Crippen LogP contribution in [0.25, 0.3) is 0 Å². The lowest BCUT2D eigenvalue weighted by Crippen LogP contribution is -2.39. The second-order valence-electron chi connectivity index (χ2n) is 5.21. The highest BCUT2D eigenvalue weighted by atomic mass is 15.1. The Balaban J connectivity index is 2.31. The van der Waals surface area contributed by atoms with E-state index in [-0.39, 0.29) is 0 Å². The van der Waals surface area contributed by atoms with Gasteiger partial charge in [-0.25, -0.2) is 0 Å². The fraction of sp³-hybridized carbons (Fsp3) is 1.00. The molecular formula is C12H26N2. The summed E-state index contributed by atoms with van der Waals surface area (Å²) in [6.07, 6.45) is 5.61. The third kappa shape index (κ3) is 3.58. The van der Waals surface area contributed by atoms with E-state index < -0.39 is 0 Å². The summed E-state index contributed by atoms with van der Waals surface area (Å²) in [6.45, 7) is 6.59. The molecule has 14 heavy (non-hydrogen) atoms. The average Bonchev–Trinajstić information content (AvgIpc) is 2.17. The van der Waals surface area contributed by atoms with Crippen molar-refractivity contribution in [2.75, 3.05) is 20.1 Å². The van der Waals surface area contributed by atoms with Gasteiger partial charge in [-0.2, -0.15) is 0 Å². The molecule has 1 rings (SSSR count). The molecule has 0 aromatic rings.